The number of fused-ring (bicyclic) bond motifs is 1. The first-order valence-electron chi connectivity index (χ1n) is 10.6. The highest BCUT2D eigenvalue weighted by molar-refractivity contribution is 5.94. The molecule has 2 aliphatic rings. The molecule has 8 heteroatoms. The number of amides is 2. The lowest BCUT2D eigenvalue weighted by Crippen LogP contribution is -2.41. The monoisotopic (exact) mass is 399 g/mol. The number of H-pyrrole nitrogens is 1. The summed E-state index contributed by atoms with van der Waals surface area (Å²) in [7, 11) is 0. The largest absolute Gasteiger partial charge is 0.361 e. The number of aromatic amines is 1. The van der Waals surface area contributed by atoms with Crippen molar-refractivity contribution >= 4 is 11.8 Å². The quantitative estimate of drug-likeness (QED) is 0.689. The number of carbonyl (C=O) groups excluding carboxylic acids is 2. The number of aryl methyl sites for hydroxylation is 2. The van der Waals surface area contributed by atoms with Crippen LogP contribution in [0.25, 0.3) is 0 Å². The molecule has 29 heavy (non-hydrogen) atoms. The van der Waals surface area contributed by atoms with E-state index in [0.29, 0.717) is 23.9 Å². The van der Waals surface area contributed by atoms with Crippen molar-refractivity contribution in [2.24, 2.45) is 5.92 Å². The van der Waals surface area contributed by atoms with Gasteiger partial charge in [-0.25, -0.2) is 0 Å². The van der Waals surface area contributed by atoms with Gasteiger partial charge < -0.3 is 15.2 Å². The molecule has 0 spiro atoms. The van der Waals surface area contributed by atoms with Gasteiger partial charge in [-0.15, -0.1) is 0 Å². The molecule has 0 bridgehead atoms. The Morgan fingerprint density at radius 2 is 2.10 bits per heavy atom. The van der Waals surface area contributed by atoms with Gasteiger partial charge in [0, 0.05) is 29.9 Å². The molecule has 0 radical (unpaired) electrons. The van der Waals surface area contributed by atoms with E-state index in [2.05, 4.69) is 26.0 Å². The summed E-state index contributed by atoms with van der Waals surface area (Å²) in [6.07, 6.45) is 8.34. The standard InChI is InChI=1S/C21H29N5O3/c1-13-9-16(29-26-13)11-19(27)23-15-6-4-5-14(10-15)12-22-21(28)20-17-7-2-3-8-18(17)24-25-20/h9,14-15H,2-8,10-12H2,1H3,(H,22,28)(H,23,27)(H,24,25)/t14-,15+/m1/s1. The summed E-state index contributed by atoms with van der Waals surface area (Å²) >= 11 is 0. The van der Waals surface area contributed by atoms with E-state index in [9.17, 15) is 9.59 Å². The van der Waals surface area contributed by atoms with E-state index >= 15 is 0 Å². The molecule has 2 aromatic heterocycles. The van der Waals surface area contributed by atoms with Gasteiger partial charge in [0.25, 0.3) is 5.91 Å². The fourth-order valence-electron chi connectivity index (χ4n) is 4.53. The Balaban J connectivity index is 1.25. The van der Waals surface area contributed by atoms with Crippen LogP contribution in [0.4, 0.5) is 0 Å². The maximum Gasteiger partial charge on any atom is 0.272 e. The predicted molar refractivity (Wildman–Crippen MR) is 106 cm³/mol. The molecule has 4 rings (SSSR count). The second-order valence-electron chi connectivity index (χ2n) is 8.35. The maximum atomic E-state index is 12.6. The highest BCUT2D eigenvalue weighted by Crippen LogP contribution is 2.25. The number of nitrogens with one attached hydrogen (secondary N) is 3. The summed E-state index contributed by atoms with van der Waals surface area (Å²) in [6.45, 7) is 2.46. The van der Waals surface area contributed by atoms with Crippen molar-refractivity contribution in [2.75, 3.05) is 6.54 Å². The Morgan fingerprint density at radius 1 is 1.24 bits per heavy atom. The van der Waals surface area contributed by atoms with Gasteiger partial charge in [-0.1, -0.05) is 11.6 Å². The SMILES string of the molecule is Cc1cc(CC(=O)N[C@H]2CCC[C@@H](CNC(=O)c3n[nH]c4c3CCCC4)C2)on1. The molecule has 0 saturated heterocycles. The second kappa shape index (κ2) is 8.80. The van der Waals surface area contributed by atoms with Crippen LogP contribution in [0.15, 0.2) is 10.6 Å². The van der Waals surface area contributed by atoms with Gasteiger partial charge in [-0.2, -0.15) is 5.10 Å². The van der Waals surface area contributed by atoms with E-state index < -0.39 is 0 Å². The smallest absolute Gasteiger partial charge is 0.272 e. The average molecular weight is 399 g/mol. The van der Waals surface area contributed by atoms with Crippen molar-refractivity contribution in [3.05, 3.63) is 34.5 Å². The van der Waals surface area contributed by atoms with Crippen LogP contribution < -0.4 is 10.6 Å². The lowest BCUT2D eigenvalue weighted by molar-refractivity contribution is -0.121. The first-order valence-corrected chi connectivity index (χ1v) is 10.6. The lowest BCUT2D eigenvalue weighted by atomic mass is 9.85. The number of rotatable bonds is 6. The van der Waals surface area contributed by atoms with Crippen molar-refractivity contribution in [1.82, 2.24) is 26.0 Å². The summed E-state index contributed by atoms with van der Waals surface area (Å²) in [5.74, 6) is 0.817. The van der Waals surface area contributed by atoms with Gasteiger partial charge in [0.2, 0.25) is 5.91 Å². The van der Waals surface area contributed by atoms with E-state index in [4.69, 9.17) is 4.52 Å². The van der Waals surface area contributed by atoms with Crippen molar-refractivity contribution < 1.29 is 14.1 Å². The van der Waals surface area contributed by atoms with E-state index in [1.54, 1.807) is 6.07 Å². The summed E-state index contributed by atoms with van der Waals surface area (Å²) in [4.78, 5) is 24.9. The topological polar surface area (TPSA) is 113 Å². The third-order valence-electron chi connectivity index (χ3n) is 5.98. The predicted octanol–water partition coefficient (Wildman–Crippen LogP) is 2.23. The minimum atomic E-state index is -0.0868. The maximum absolute atomic E-state index is 12.6. The highest BCUT2D eigenvalue weighted by Gasteiger charge is 2.26. The Morgan fingerprint density at radius 3 is 2.93 bits per heavy atom. The fourth-order valence-corrected chi connectivity index (χ4v) is 4.53. The summed E-state index contributed by atoms with van der Waals surface area (Å²) < 4.78 is 5.12. The Kier molecular flexibility index (Phi) is 5.97. The van der Waals surface area contributed by atoms with Crippen molar-refractivity contribution in [2.45, 2.75) is 70.8 Å². The molecule has 0 aromatic carbocycles. The molecule has 2 aliphatic carbocycles. The van der Waals surface area contributed by atoms with Crippen molar-refractivity contribution in [3.8, 4) is 0 Å². The Labute approximate surface area is 170 Å². The number of hydrogen-bond donors (Lipinski definition) is 3. The first kappa shape index (κ1) is 19.7. The van der Waals surface area contributed by atoms with Crippen LogP contribution >= 0.6 is 0 Å². The van der Waals surface area contributed by atoms with Crippen LogP contribution in [0.1, 0.15) is 71.7 Å². The first-order chi connectivity index (χ1) is 14.1. The number of hydrogen-bond acceptors (Lipinski definition) is 5. The molecule has 3 N–H and O–H groups in total. The van der Waals surface area contributed by atoms with Gasteiger partial charge >= 0.3 is 0 Å². The van der Waals surface area contributed by atoms with Gasteiger partial charge in [-0.3, -0.25) is 14.7 Å². The minimum absolute atomic E-state index is 0.0426. The van der Waals surface area contributed by atoms with Crippen LogP contribution in [0, 0.1) is 12.8 Å². The summed E-state index contributed by atoms with van der Waals surface area (Å²) in [6, 6.07) is 1.92. The van der Waals surface area contributed by atoms with Crippen LogP contribution in [0.2, 0.25) is 0 Å². The highest BCUT2D eigenvalue weighted by atomic mass is 16.5. The molecular weight excluding hydrogens is 370 g/mol. The molecule has 0 unspecified atom stereocenters. The molecule has 1 saturated carbocycles. The molecule has 2 atom stereocenters. The van der Waals surface area contributed by atoms with Crippen molar-refractivity contribution in [3.63, 3.8) is 0 Å². The lowest BCUT2D eigenvalue weighted by Gasteiger charge is -2.29. The van der Waals surface area contributed by atoms with E-state index in [0.717, 1.165) is 68.3 Å². The zero-order chi connectivity index (χ0) is 20.2. The van der Waals surface area contributed by atoms with Gasteiger partial charge in [0.1, 0.15) is 5.76 Å². The van der Waals surface area contributed by atoms with E-state index in [1.807, 2.05) is 6.92 Å². The molecule has 2 aromatic rings. The second-order valence-corrected chi connectivity index (χ2v) is 8.35. The molecule has 2 amide bonds. The van der Waals surface area contributed by atoms with Gasteiger partial charge in [0.15, 0.2) is 5.69 Å². The number of carbonyl (C=O) groups is 2. The van der Waals surface area contributed by atoms with Crippen LogP contribution in [0.3, 0.4) is 0 Å². The Bertz CT molecular complexity index is 872. The molecule has 8 nitrogen and oxygen atoms in total. The average Bonchev–Trinajstić information content (AvgIpc) is 3.32. The summed E-state index contributed by atoms with van der Waals surface area (Å²) in [5, 5.41) is 17.3. The number of nitrogens with zero attached hydrogens (tertiary/aromatic N) is 2. The molecule has 156 valence electrons. The molecular formula is C21H29N5O3. The normalized spacial score (nSPS) is 21.4. The number of aromatic nitrogens is 3. The third kappa shape index (κ3) is 4.86. The minimum Gasteiger partial charge on any atom is -0.361 e. The molecule has 2 heterocycles. The van der Waals surface area contributed by atoms with E-state index in [1.165, 1.54) is 0 Å². The fraction of sp³-hybridized carbons (Fsp3) is 0.619. The zero-order valence-corrected chi connectivity index (χ0v) is 16.9. The van der Waals surface area contributed by atoms with Crippen LogP contribution in [-0.4, -0.2) is 39.8 Å². The molecule has 0 aliphatic heterocycles. The molecule has 1 fully saturated rings. The summed E-state index contributed by atoms with van der Waals surface area (Å²) in [5.41, 5.74) is 3.54. The zero-order valence-electron chi connectivity index (χ0n) is 16.9. The van der Waals surface area contributed by atoms with Crippen LogP contribution in [0.5, 0.6) is 0 Å². The van der Waals surface area contributed by atoms with E-state index in [-0.39, 0.29) is 24.3 Å². The van der Waals surface area contributed by atoms with Crippen molar-refractivity contribution in [1.29, 1.82) is 0 Å². The van der Waals surface area contributed by atoms with Gasteiger partial charge in [0.05, 0.1) is 12.1 Å². The van der Waals surface area contributed by atoms with Crippen LogP contribution in [-0.2, 0) is 24.1 Å². The third-order valence-corrected chi connectivity index (χ3v) is 5.98. The van der Waals surface area contributed by atoms with Gasteiger partial charge in [-0.05, 0) is 57.8 Å². The Hall–Kier alpha value is -2.64.